The van der Waals surface area contributed by atoms with Gasteiger partial charge in [-0.2, -0.15) is 0 Å². The lowest BCUT2D eigenvalue weighted by Gasteiger charge is -2.03. The number of rotatable bonds is 2. The number of carbonyl (C=O) groups is 1. The molecular formula is C7H3BrClF2NO. The second kappa shape index (κ2) is 4.11. The summed E-state index contributed by atoms with van der Waals surface area (Å²) in [5.74, 6) is 0. The molecular weight excluding hydrogens is 267 g/mol. The van der Waals surface area contributed by atoms with Crippen LogP contribution in [0.4, 0.5) is 8.78 Å². The van der Waals surface area contributed by atoms with Gasteiger partial charge in [-0.05, 0) is 33.6 Å². The van der Waals surface area contributed by atoms with Crippen LogP contribution >= 0.6 is 27.5 Å². The smallest absolute Gasteiger partial charge is 0.264 e. The van der Waals surface area contributed by atoms with E-state index in [-0.39, 0.29) is 10.2 Å². The highest BCUT2D eigenvalue weighted by Gasteiger charge is 2.17. The van der Waals surface area contributed by atoms with E-state index in [4.69, 9.17) is 11.6 Å². The molecule has 0 unspecified atom stereocenters. The molecule has 0 aromatic carbocycles. The molecule has 1 heterocycles. The van der Waals surface area contributed by atoms with Crippen LogP contribution in [0.25, 0.3) is 0 Å². The van der Waals surface area contributed by atoms with Gasteiger partial charge >= 0.3 is 0 Å². The first-order chi connectivity index (χ1) is 6.02. The van der Waals surface area contributed by atoms with E-state index in [2.05, 4.69) is 20.9 Å². The first-order valence-corrected chi connectivity index (χ1v) is 4.33. The van der Waals surface area contributed by atoms with Gasteiger partial charge in [-0.15, -0.1) is 0 Å². The first kappa shape index (κ1) is 10.5. The van der Waals surface area contributed by atoms with Crippen LogP contribution in [0.3, 0.4) is 0 Å². The van der Waals surface area contributed by atoms with Gasteiger partial charge in [-0.1, -0.05) is 0 Å². The van der Waals surface area contributed by atoms with Crippen molar-refractivity contribution in [1.82, 2.24) is 4.98 Å². The van der Waals surface area contributed by atoms with Crippen LogP contribution in [0.2, 0.25) is 0 Å². The number of hydrogen-bond donors (Lipinski definition) is 0. The summed E-state index contributed by atoms with van der Waals surface area (Å²) in [5.41, 5.74) is -0.679. The Morgan fingerprint density at radius 2 is 2.23 bits per heavy atom. The standard InChI is InChI=1S/C7H3BrClF2NO/c8-5-1-3(7(10)11)4(2-12-5)6(9)13/h1-2,7H. The zero-order chi connectivity index (χ0) is 10.0. The minimum atomic E-state index is -2.74. The Morgan fingerprint density at radius 1 is 1.62 bits per heavy atom. The summed E-state index contributed by atoms with van der Waals surface area (Å²) in [6.45, 7) is 0. The average Bonchev–Trinajstić information content (AvgIpc) is 2.03. The van der Waals surface area contributed by atoms with Crippen LogP contribution in [0.1, 0.15) is 22.3 Å². The molecule has 13 heavy (non-hydrogen) atoms. The van der Waals surface area contributed by atoms with Crippen LogP contribution in [0.15, 0.2) is 16.9 Å². The van der Waals surface area contributed by atoms with Crippen LogP contribution in [0, 0.1) is 0 Å². The third-order valence-electron chi connectivity index (χ3n) is 1.35. The van der Waals surface area contributed by atoms with Gasteiger partial charge in [-0.3, -0.25) is 4.79 Å². The number of carbonyl (C=O) groups excluding carboxylic acids is 1. The third-order valence-corrected chi connectivity index (χ3v) is 1.99. The zero-order valence-corrected chi connectivity index (χ0v) is 8.44. The molecule has 0 saturated carbocycles. The molecule has 1 aromatic heterocycles. The number of halogens is 4. The Morgan fingerprint density at radius 3 is 2.69 bits per heavy atom. The molecule has 0 spiro atoms. The predicted molar refractivity (Wildman–Crippen MR) is 47.1 cm³/mol. The Bertz CT molecular complexity index is 345. The summed E-state index contributed by atoms with van der Waals surface area (Å²) in [7, 11) is 0. The van der Waals surface area contributed by atoms with Gasteiger partial charge in [0, 0.05) is 11.8 Å². The first-order valence-electron chi connectivity index (χ1n) is 3.16. The maximum absolute atomic E-state index is 12.3. The van der Waals surface area contributed by atoms with Crippen molar-refractivity contribution in [3.63, 3.8) is 0 Å². The maximum Gasteiger partial charge on any atom is 0.264 e. The molecule has 0 bridgehead atoms. The molecule has 0 aliphatic carbocycles. The molecule has 1 aromatic rings. The highest BCUT2D eigenvalue weighted by atomic mass is 79.9. The van der Waals surface area contributed by atoms with Crippen molar-refractivity contribution >= 4 is 32.8 Å². The molecule has 0 aliphatic rings. The summed E-state index contributed by atoms with van der Waals surface area (Å²) in [6.07, 6.45) is -1.72. The summed E-state index contributed by atoms with van der Waals surface area (Å²) in [5, 5.41) is -0.935. The Hall–Kier alpha value is -0.550. The molecule has 0 N–H and O–H groups in total. The molecule has 0 radical (unpaired) electrons. The van der Waals surface area contributed by atoms with Gasteiger partial charge in [0.15, 0.2) is 0 Å². The Balaban J connectivity index is 3.26. The number of nitrogens with zero attached hydrogens (tertiary/aromatic N) is 1. The van der Waals surface area contributed by atoms with Crippen molar-refractivity contribution in [2.24, 2.45) is 0 Å². The van der Waals surface area contributed by atoms with Crippen molar-refractivity contribution in [3.05, 3.63) is 28.0 Å². The van der Waals surface area contributed by atoms with E-state index in [1.807, 2.05) is 0 Å². The highest BCUT2D eigenvalue weighted by Crippen LogP contribution is 2.25. The van der Waals surface area contributed by atoms with Gasteiger partial charge in [0.1, 0.15) is 4.60 Å². The molecule has 6 heteroatoms. The van der Waals surface area contributed by atoms with Crippen LogP contribution in [-0.4, -0.2) is 10.2 Å². The summed E-state index contributed by atoms with van der Waals surface area (Å²) >= 11 is 7.99. The number of hydrogen-bond acceptors (Lipinski definition) is 2. The summed E-state index contributed by atoms with van der Waals surface area (Å²) in [6, 6.07) is 1.07. The highest BCUT2D eigenvalue weighted by molar-refractivity contribution is 9.10. The topological polar surface area (TPSA) is 30.0 Å². The monoisotopic (exact) mass is 269 g/mol. The van der Waals surface area contributed by atoms with Gasteiger partial charge < -0.3 is 0 Å². The molecule has 0 aliphatic heterocycles. The van der Waals surface area contributed by atoms with E-state index in [1.165, 1.54) is 0 Å². The quantitative estimate of drug-likeness (QED) is 0.610. The molecule has 0 atom stereocenters. The second-order valence-corrected chi connectivity index (χ2v) is 3.32. The summed E-state index contributed by atoms with van der Waals surface area (Å²) in [4.78, 5) is 14.3. The van der Waals surface area contributed by atoms with Crippen molar-refractivity contribution < 1.29 is 13.6 Å². The van der Waals surface area contributed by atoms with Gasteiger partial charge in [0.05, 0.1) is 5.56 Å². The zero-order valence-electron chi connectivity index (χ0n) is 6.10. The van der Waals surface area contributed by atoms with Crippen molar-refractivity contribution in [1.29, 1.82) is 0 Å². The Labute approximate surface area is 86.0 Å². The normalized spacial score (nSPS) is 10.5. The van der Waals surface area contributed by atoms with Gasteiger partial charge in [-0.25, -0.2) is 13.8 Å². The van der Waals surface area contributed by atoms with Crippen molar-refractivity contribution in [3.8, 4) is 0 Å². The van der Waals surface area contributed by atoms with E-state index in [9.17, 15) is 13.6 Å². The van der Waals surface area contributed by atoms with E-state index in [0.717, 1.165) is 12.3 Å². The van der Waals surface area contributed by atoms with Gasteiger partial charge in [0.25, 0.3) is 11.7 Å². The number of alkyl halides is 2. The van der Waals surface area contributed by atoms with Crippen LogP contribution in [0.5, 0.6) is 0 Å². The van der Waals surface area contributed by atoms with E-state index in [1.54, 1.807) is 0 Å². The number of aromatic nitrogens is 1. The minimum absolute atomic E-state index is 0.240. The largest absolute Gasteiger partial charge is 0.276 e. The van der Waals surface area contributed by atoms with Crippen LogP contribution in [-0.2, 0) is 0 Å². The fourth-order valence-corrected chi connectivity index (χ4v) is 1.30. The second-order valence-electron chi connectivity index (χ2n) is 2.17. The molecule has 0 saturated heterocycles. The molecule has 2 nitrogen and oxygen atoms in total. The van der Waals surface area contributed by atoms with E-state index >= 15 is 0 Å². The average molecular weight is 270 g/mol. The van der Waals surface area contributed by atoms with E-state index in [0.29, 0.717) is 0 Å². The Kier molecular flexibility index (Phi) is 3.33. The van der Waals surface area contributed by atoms with Crippen molar-refractivity contribution in [2.75, 3.05) is 0 Å². The fourth-order valence-electron chi connectivity index (χ4n) is 0.789. The molecule has 0 amide bonds. The molecule has 0 fully saturated rings. The minimum Gasteiger partial charge on any atom is -0.276 e. The third kappa shape index (κ3) is 2.45. The van der Waals surface area contributed by atoms with E-state index < -0.39 is 17.2 Å². The lowest BCUT2D eigenvalue weighted by atomic mass is 10.1. The number of pyridine rings is 1. The SMILES string of the molecule is O=C(Cl)c1cnc(Br)cc1C(F)F. The molecule has 1 rings (SSSR count). The maximum atomic E-state index is 12.3. The predicted octanol–water partition coefficient (Wildman–Crippen LogP) is 3.16. The fraction of sp³-hybridized carbons (Fsp3) is 0.143. The lowest BCUT2D eigenvalue weighted by Crippen LogP contribution is -1.99. The lowest BCUT2D eigenvalue weighted by molar-refractivity contribution is 0.106. The van der Waals surface area contributed by atoms with Crippen molar-refractivity contribution in [2.45, 2.75) is 6.43 Å². The van der Waals surface area contributed by atoms with Gasteiger partial charge in [0.2, 0.25) is 0 Å². The molecule has 70 valence electrons. The van der Waals surface area contributed by atoms with Crippen LogP contribution < -0.4 is 0 Å². The summed E-state index contributed by atoms with van der Waals surface area (Å²) < 4.78 is 24.9.